The second-order valence-corrected chi connectivity index (χ2v) is 4.69. The molecular weight excluding hydrogens is 354 g/mol. The summed E-state index contributed by atoms with van der Waals surface area (Å²) in [5.41, 5.74) is -1.31. The highest BCUT2D eigenvalue weighted by molar-refractivity contribution is 14.1. The van der Waals surface area contributed by atoms with Crippen molar-refractivity contribution in [1.29, 1.82) is 0 Å². The summed E-state index contributed by atoms with van der Waals surface area (Å²) in [6.45, 7) is 1.37. The van der Waals surface area contributed by atoms with E-state index in [1.54, 1.807) is 22.6 Å². The molecule has 7 heteroatoms. The zero-order valence-corrected chi connectivity index (χ0v) is 11.4. The van der Waals surface area contributed by atoms with Gasteiger partial charge in [0.05, 0.1) is 14.8 Å². The van der Waals surface area contributed by atoms with Crippen molar-refractivity contribution >= 4 is 22.6 Å². The van der Waals surface area contributed by atoms with Crippen LogP contribution in [0, 0.1) is 16.3 Å². The zero-order chi connectivity index (χ0) is 13.4. The van der Waals surface area contributed by atoms with Crippen LogP contribution >= 0.6 is 22.6 Å². The molecule has 0 amide bonds. The Bertz CT molecular complexity index is 736. The molecule has 0 aliphatic heterocycles. The third-order valence-electron chi connectivity index (χ3n) is 2.48. The minimum atomic E-state index is -0.813. The van der Waals surface area contributed by atoms with Crippen LogP contribution in [0.15, 0.2) is 27.8 Å². The van der Waals surface area contributed by atoms with Crippen LogP contribution in [0.4, 0.5) is 4.39 Å². The third kappa shape index (κ3) is 1.94. The van der Waals surface area contributed by atoms with Crippen molar-refractivity contribution < 1.29 is 9.50 Å². The predicted octanol–water partition coefficient (Wildman–Crippen LogP) is 1.28. The topological polar surface area (TPSA) is 75.1 Å². The summed E-state index contributed by atoms with van der Waals surface area (Å²) in [4.78, 5) is 25.0. The summed E-state index contributed by atoms with van der Waals surface area (Å²) in [7, 11) is 0. The van der Waals surface area contributed by atoms with Gasteiger partial charge in [-0.2, -0.15) is 0 Å². The van der Waals surface area contributed by atoms with Crippen LogP contribution < -0.4 is 11.2 Å². The van der Waals surface area contributed by atoms with Gasteiger partial charge < -0.3 is 5.11 Å². The Hall–Kier alpha value is -1.64. The average molecular weight is 362 g/mol. The van der Waals surface area contributed by atoms with Gasteiger partial charge in [-0.3, -0.25) is 9.78 Å². The first-order valence-corrected chi connectivity index (χ1v) is 6.00. The van der Waals surface area contributed by atoms with Gasteiger partial charge in [-0.15, -0.1) is 0 Å². The summed E-state index contributed by atoms with van der Waals surface area (Å²) in [5, 5.41) is 9.85. The molecule has 0 aliphatic rings. The molecular formula is C11H8FIN2O3. The van der Waals surface area contributed by atoms with E-state index in [0.29, 0.717) is 0 Å². The molecule has 2 aromatic rings. The van der Waals surface area contributed by atoms with Crippen LogP contribution in [-0.2, 0) is 0 Å². The van der Waals surface area contributed by atoms with E-state index in [2.05, 4.69) is 4.98 Å². The molecule has 0 unspecified atom stereocenters. The summed E-state index contributed by atoms with van der Waals surface area (Å²) in [5.74, 6) is -1.00. The number of nitrogens with one attached hydrogen (secondary N) is 1. The van der Waals surface area contributed by atoms with Gasteiger partial charge in [0.15, 0.2) is 0 Å². The smallest absolute Gasteiger partial charge is 0.335 e. The SMILES string of the molecule is Cc1c(O)n(-c2cccc(F)c2I)c(=O)[nH]c1=O. The number of aromatic nitrogens is 2. The molecule has 1 aromatic carbocycles. The molecule has 1 heterocycles. The first kappa shape index (κ1) is 12.8. The first-order chi connectivity index (χ1) is 8.43. The summed E-state index contributed by atoms with van der Waals surface area (Å²) >= 11 is 1.72. The zero-order valence-electron chi connectivity index (χ0n) is 9.20. The molecule has 2 rings (SSSR count). The molecule has 0 saturated heterocycles. The van der Waals surface area contributed by atoms with Gasteiger partial charge in [0.1, 0.15) is 5.82 Å². The second-order valence-electron chi connectivity index (χ2n) is 3.62. The van der Waals surface area contributed by atoms with Crippen LogP contribution in [0.2, 0.25) is 0 Å². The molecule has 0 spiro atoms. The van der Waals surface area contributed by atoms with Crippen molar-refractivity contribution in [2.45, 2.75) is 6.92 Å². The number of aromatic hydroxyl groups is 1. The molecule has 5 nitrogen and oxygen atoms in total. The Morgan fingerprint density at radius 2 is 2.06 bits per heavy atom. The lowest BCUT2D eigenvalue weighted by atomic mass is 10.3. The number of hydrogen-bond donors (Lipinski definition) is 2. The van der Waals surface area contributed by atoms with Crippen molar-refractivity contribution in [3.8, 4) is 11.6 Å². The van der Waals surface area contributed by atoms with Crippen LogP contribution in [0.5, 0.6) is 5.88 Å². The van der Waals surface area contributed by atoms with E-state index < -0.39 is 22.9 Å². The molecule has 18 heavy (non-hydrogen) atoms. The minimum absolute atomic E-state index is 0.00494. The third-order valence-corrected chi connectivity index (χ3v) is 3.55. The van der Waals surface area contributed by atoms with Gasteiger partial charge in [-0.1, -0.05) is 6.07 Å². The fourth-order valence-corrected chi connectivity index (χ4v) is 2.10. The summed E-state index contributed by atoms with van der Waals surface area (Å²) in [6, 6.07) is 4.13. The lowest BCUT2D eigenvalue weighted by Crippen LogP contribution is -2.30. The van der Waals surface area contributed by atoms with E-state index in [-0.39, 0.29) is 14.8 Å². The lowest BCUT2D eigenvalue weighted by molar-refractivity contribution is 0.425. The monoisotopic (exact) mass is 362 g/mol. The van der Waals surface area contributed by atoms with Gasteiger partial charge in [-0.05, 0) is 41.6 Å². The molecule has 0 fully saturated rings. The van der Waals surface area contributed by atoms with E-state index in [0.717, 1.165) is 4.57 Å². The van der Waals surface area contributed by atoms with Crippen molar-refractivity contribution in [2.24, 2.45) is 0 Å². The fraction of sp³-hybridized carbons (Fsp3) is 0.0909. The highest BCUT2D eigenvalue weighted by Crippen LogP contribution is 2.22. The quantitative estimate of drug-likeness (QED) is 0.751. The summed E-state index contributed by atoms with van der Waals surface area (Å²) < 4.78 is 14.5. The van der Waals surface area contributed by atoms with Crippen LogP contribution in [0.25, 0.3) is 5.69 Å². The molecule has 0 atom stereocenters. The van der Waals surface area contributed by atoms with E-state index in [1.807, 2.05) is 0 Å². The molecule has 0 radical (unpaired) electrons. The van der Waals surface area contributed by atoms with Gasteiger partial charge in [0.2, 0.25) is 5.88 Å². The maximum atomic E-state index is 13.4. The van der Waals surface area contributed by atoms with Crippen LogP contribution in [-0.4, -0.2) is 14.7 Å². The molecule has 0 aliphatic carbocycles. The molecule has 1 aromatic heterocycles. The van der Waals surface area contributed by atoms with E-state index in [4.69, 9.17) is 0 Å². The Balaban J connectivity index is 2.88. The van der Waals surface area contributed by atoms with Gasteiger partial charge in [0, 0.05) is 0 Å². The number of H-pyrrole nitrogens is 1. The van der Waals surface area contributed by atoms with Crippen molar-refractivity contribution in [3.05, 3.63) is 54.0 Å². The fourth-order valence-electron chi connectivity index (χ4n) is 1.50. The normalized spacial score (nSPS) is 10.6. The predicted molar refractivity (Wildman–Crippen MR) is 71.7 cm³/mol. The number of benzene rings is 1. The minimum Gasteiger partial charge on any atom is -0.494 e. The van der Waals surface area contributed by atoms with E-state index in [1.165, 1.54) is 25.1 Å². The van der Waals surface area contributed by atoms with Gasteiger partial charge >= 0.3 is 5.69 Å². The Kier molecular flexibility index (Phi) is 3.24. The summed E-state index contributed by atoms with van der Waals surface area (Å²) in [6.07, 6.45) is 0. The standard InChI is InChI=1S/C11H8FIN2O3/c1-5-9(16)14-11(18)15(10(5)17)7-4-2-3-6(12)8(7)13/h2-4,17H,1H3,(H,14,16,18). The Morgan fingerprint density at radius 3 is 2.72 bits per heavy atom. The van der Waals surface area contributed by atoms with Gasteiger partial charge in [0.25, 0.3) is 5.56 Å². The number of aromatic amines is 1. The molecule has 0 bridgehead atoms. The number of nitrogens with zero attached hydrogens (tertiary/aromatic N) is 1. The maximum absolute atomic E-state index is 13.4. The van der Waals surface area contributed by atoms with Gasteiger partial charge in [-0.25, -0.2) is 13.8 Å². The van der Waals surface area contributed by atoms with Crippen LogP contribution in [0.3, 0.4) is 0 Å². The number of halogens is 2. The Morgan fingerprint density at radius 1 is 1.39 bits per heavy atom. The van der Waals surface area contributed by atoms with E-state index in [9.17, 15) is 19.1 Å². The lowest BCUT2D eigenvalue weighted by Gasteiger charge is -2.11. The molecule has 94 valence electrons. The van der Waals surface area contributed by atoms with Crippen molar-refractivity contribution in [2.75, 3.05) is 0 Å². The second kappa shape index (κ2) is 4.56. The Labute approximate surface area is 114 Å². The first-order valence-electron chi connectivity index (χ1n) is 4.92. The maximum Gasteiger partial charge on any atom is 0.335 e. The largest absolute Gasteiger partial charge is 0.494 e. The van der Waals surface area contributed by atoms with Crippen molar-refractivity contribution in [3.63, 3.8) is 0 Å². The highest BCUT2D eigenvalue weighted by atomic mass is 127. The average Bonchev–Trinajstić information content (AvgIpc) is 2.32. The van der Waals surface area contributed by atoms with Crippen LogP contribution in [0.1, 0.15) is 5.56 Å². The molecule has 2 N–H and O–H groups in total. The molecule has 0 saturated carbocycles. The number of rotatable bonds is 1. The highest BCUT2D eigenvalue weighted by Gasteiger charge is 2.15. The van der Waals surface area contributed by atoms with E-state index >= 15 is 0 Å². The van der Waals surface area contributed by atoms with Crippen molar-refractivity contribution in [1.82, 2.24) is 9.55 Å². The number of hydrogen-bond acceptors (Lipinski definition) is 3.